The van der Waals surface area contributed by atoms with E-state index in [1.165, 1.54) is 25.7 Å². The summed E-state index contributed by atoms with van der Waals surface area (Å²) in [6.07, 6.45) is 0.773. The molecule has 1 saturated carbocycles. The Morgan fingerprint density at radius 2 is 1.55 bits per heavy atom. The number of piperidine rings is 1. The topological polar surface area (TPSA) is 129 Å². The molecule has 0 spiro atoms. The van der Waals surface area contributed by atoms with Crippen LogP contribution in [0.3, 0.4) is 0 Å². The van der Waals surface area contributed by atoms with Gasteiger partial charge in [0.25, 0.3) is 0 Å². The zero-order chi connectivity index (χ0) is 28.5. The molecule has 1 amide bonds. The average molecular weight is 557 g/mol. The number of alkyl halides is 6. The van der Waals surface area contributed by atoms with Crippen LogP contribution in [-0.2, 0) is 19.1 Å². The molecule has 3 aliphatic rings. The van der Waals surface area contributed by atoms with Crippen LogP contribution in [0.15, 0.2) is 24.5 Å². The first-order valence-electron chi connectivity index (χ1n) is 11.9. The number of nitrogens with one attached hydrogen (secondary N) is 1. The van der Waals surface area contributed by atoms with Crippen molar-refractivity contribution >= 4 is 23.5 Å². The van der Waals surface area contributed by atoms with Crippen molar-refractivity contribution in [3.8, 4) is 0 Å². The van der Waals surface area contributed by atoms with Crippen molar-refractivity contribution in [1.82, 2.24) is 9.88 Å². The number of carbonyl (C=O) groups is 3. The van der Waals surface area contributed by atoms with E-state index in [0.29, 0.717) is 12.5 Å². The lowest BCUT2D eigenvalue weighted by atomic mass is 9.78. The number of likely N-dealkylation sites (tertiary alicyclic amines) is 1. The molecule has 9 nitrogen and oxygen atoms in total. The minimum atomic E-state index is -5.08. The van der Waals surface area contributed by atoms with Gasteiger partial charge in [-0.15, -0.1) is 0 Å². The van der Waals surface area contributed by atoms with Crippen LogP contribution in [0.4, 0.5) is 32.0 Å². The van der Waals surface area contributed by atoms with Crippen LogP contribution < -0.4 is 5.32 Å². The first-order chi connectivity index (χ1) is 17.7. The number of ether oxygens (including phenoxy) is 1. The zero-order valence-corrected chi connectivity index (χ0v) is 20.2. The van der Waals surface area contributed by atoms with Crippen LogP contribution in [-0.4, -0.2) is 82.1 Å². The summed E-state index contributed by atoms with van der Waals surface area (Å²) in [5.74, 6) is -5.01. The third-order valence-electron chi connectivity index (χ3n) is 6.49. The predicted molar refractivity (Wildman–Crippen MR) is 120 cm³/mol. The van der Waals surface area contributed by atoms with Crippen molar-refractivity contribution in [1.29, 1.82) is 0 Å². The first-order valence-corrected chi connectivity index (χ1v) is 11.9. The molecular weight excluding hydrogens is 528 g/mol. The first kappa shape index (κ1) is 31.3. The van der Waals surface area contributed by atoms with Crippen LogP contribution >= 0.6 is 0 Å². The number of hydrogen-bond acceptors (Lipinski definition) is 6. The van der Waals surface area contributed by atoms with E-state index in [0.717, 1.165) is 37.7 Å². The molecule has 4 rings (SSSR count). The normalized spacial score (nSPS) is 24.1. The van der Waals surface area contributed by atoms with Gasteiger partial charge in [0.1, 0.15) is 0 Å². The summed E-state index contributed by atoms with van der Waals surface area (Å²) < 4.78 is 69.5. The quantitative estimate of drug-likeness (QED) is 0.477. The van der Waals surface area contributed by atoms with Gasteiger partial charge in [-0.05, 0) is 37.8 Å². The van der Waals surface area contributed by atoms with Crippen molar-refractivity contribution in [2.24, 2.45) is 11.8 Å². The number of carboxylic acid groups (broad SMARTS) is 2. The standard InChI is InChI=1S/C19H27N3O2.2C2HF3O2/c23-19(21-14-4-3-9-20-12-14)16-8-11-24-18-7-10-22(13-17(16)18)15-5-1-2-6-15;2*3-2(4,5)1(6)7/h3-4,9,12,15-18H,1-2,5-8,10-11,13H2,(H,21,23);2*(H,6,7)/t16-,17-,18-;;/m1../s1. The summed E-state index contributed by atoms with van der Waals surface area (Å²) in [5.41, 5.74) is 0.786. The molecular formula is C23H29F6N3O6. The lowest BCUT2D eigenvalue weighted by Crippen LogP contribution is -2.54. The molecule has 1 aromatic heterocycles. The minimum absolute atomic E-state index is 0.0492. The summed E-state index contributed by atoms with van der Waals surface area (Å²) >= 11 is 0. The minimum Gasteiger partial charge on any atom is -0.475 e. The SMILES string of the molecule is O=C(Nc1cccnc1)[C@@H]1CCO[C@@H]2CCN(C3CCCC3)C[C@@H]21.O=C(O)C(F)(F)F.O=C(O)C(F)(F)F. The average Bonchev–Trinajstić information content (AvgIpc) is 3.39. The molecule has 0 unspecified atom stereocenters. The van der Waals surface area contributed by atoms with E-state index in [9.17, 15) is 31.1 Å². The molecule has 2 aliphatic heterocycles. The maximum absolute atomic E-state index is 12.8. The number of pyridine rings is 1. The molecule has 3 heterocycles. The Balaban J connectivity index is 0.000000301. The van der Waals surface area contributed by atoms with Crippen molar-refractivity contribution in [3.63, 3.8) is 0 Å². The fourth-order valence-corrected chi connectivity index (χ4v) is 4.74. The number of anilines is 1. The number of fused-ring (bicyclic) bond motifs is 1. The Bertz CT molecular complexity index is 900. The highest BCUT2D eigenvalue weighted by Crippen LogP contribution is 2.36. The van der Waals surface area contributed by atoms with E-state index in [1.54, 1.807) is 12.4 Å². The summed E-state index contributed by atoms with van der Waals surface area (Å²) in [4.78, 5) is 37.3. The molecule has 3 atom stereocenters. The summed E-state index contributed by atoms with van der Waals surface area (Å²) in [5, 5.41) is 17.3. The maximum atomic E-state index is 12.8. The second kappa shape index (κ2) is 13.7. The second-order valence-electron chi connectivity index (χ2n) is 9.03. The Kier molecular flexibility index (Phi) is 11.3. The highest BCUT2D eigenvalue weighted by molar-refractivity contribution is 5.92. The summed E-state index contributed by atoms with van der Waals surface area (Å²) in [7, 11) is 0. The summed E-state index contributed by atoms with van der Waals surface area (Å²) in [6.45, 7) is 2.85. The maximum Gasteiger partial charge on any atom is 0.490 e. The largest absolute Gasteiger partial charge is 0.490 e. The van der Waals surface area contributed by atoms with Crippen LogP contribution in [0.2, 0.25) is 0 Å². The predicted octanol–water partition coefficient (Wildman–Crippen LogP) is 3.96. The van der Waals surface area contributed by atoms with E-state index in [4.69, 9.17) is 24.5 Å². The number of rotatable bonds is 3. The van der Waals surface area contributed by atoms with Crippen molar-refractivity contribution in [3.05, 3.63) is 24.5 Å². The van der Waals surface area contributed by atoms with E-state index >= 15 is 0 Å². The van der Waals surface area contributed by atoms with Gasteiger partial charge >= 0.3 is 24.3 Å². The van der Waals surface area contributed by atoms with Gasteiger partial charge in [0.15, 0.2) is 0 Å². The molecule has 0 bridgehead atoms. The van der Waals surface area contributed by atoms with Gasteiger partial charge in [-0.25, -0.2) is 9.59 Å². The van der Waals surface area contributed by atoms with Gasteiger partial charge < -0.3 is 20.3 Å². The van der Waals surface area contributed by atoms with Crippen molar-refractivity contribution in [2.45, 2.75) is 63.0 Å². The van der Waals surface area contributed by atoms with Crippen LogP contribution in [0.25, 0.3) is 0 Å². The lowest BCUT2D eigenvalue weighted by Gasteiger charge is -2.46. The molecule has 0 radical (unpaired) electrons. The summed E-state index contributed by atoms with van der Waals surface area (Å²) in [6, 6.07) is 4.48. The third kappa shape index (κ3) is 9.74. The molecule has 1 aromatic rings. The third-order valence-corrected chi connectivity index (χ3v) is 6.49. The number of hydrogen-bond donors (Lipinski definition) is 3. The molecule has 3 fully saturated rings. The van der Waals surface area contributed by atoms with E-state index in [2.05, 4.69) is 15.2 Å². The number of nitrogens with zero attached hydrogens (tertiary/aromatic N) is 2. The smallest absolute Gasteiger partial charge is 0.475 e. The second-order valence-corrected chi connectivity index (χ2v) is 9.03. The Hall–Kier alpha value is -2.94. The van der Waals surface area contributed by atoms with Crippen LogP contribution in [0.5, 0.6) is 0 Å². The van der Waals surface area contributed by atoms with E-state index in [-0.39, 0.29) is 17.9 Å². The van der Waals surface area contributed by atoms with Crippen molar-refractivity contribution < 1.29 is 55.7 Å². The van der Waals surface area contributed by atoms with Gasteiger partial charge in [-0.3, -0.25) is 14.7 Å². The molecule has 15 heteroatoms. The Morgan fingerprint density at radius 3 is 2.05 bits per heavy atom. The number of aromatic nitrogens is 1. The van der Waals surface area contributed by atoms with Gasteiger partial charge in [0.05, 0.1) is 18.0 Å². The Labute approximate surface area is 214 Å². The van der Waals surface area contributed by atoms with E-state index < -0.39 is 24.3 Å². The lowest BCUT2D eigenvalue weighted by molar-refractivity contribution is -0.193. The zero-order valence-electron chi connectivity index (χ0n) is 20.2. The van der Waals surface area contributed by atoms with Gasteiger partial charge in [-0.2, -0.15) is 26.3 Å². The number of amides is 1. The van der Waals surface area contributed by atoms with Crippen molar-refractivity contribution in [2.75, 3.05) is 25.0 Å². The van der Waals surface area contributed by atoms with Gasteiger partial charge in [0.2, 0.25) is 5.91 Å². The Morgan fingerprint density at radius 1 is 0.974 bits per heavy atom. The monoisotopic (exact) mass is 557 g/mol. The molecule has 0 aromatic carbocycles. The van der Waals surface area contributed by atoms with Gasteiger partial charge in [0, 0.05) is 43.8 Å². The fourth-order valence-electron chi connectivity index (χ4n) is 4.74. The van der Waals surface area contributed by atoms with E-state index in [1.807, 2.05) is 12.1 Å². The fraction of sp³-hybridized carbons (Fsp3) is 0.652. The number of aliphatic carboxylic acids is 2. The number of carbonyl (C=O) groups excluding carboxylic acids is 1. The van der Waals surface area contributed by atoms with Gasteiger partial charge in [-0.1, -0.05) is 12.8 Å². The molecule has 38 heavy (non-hydrogen) atoms. The molecule has 214 valence electrons. The highest BCUT2D eigenvalue weighted by atomic mass is 19.4. The number of halogens is 6. The molecule has 3 N–H and O–H groups in total. The highest BCUT2D eigenvalue weighted by Gasteiger charge is 2.43. The number of carboxylic acids is 2. The molecule has 2 saturated heterocycles. The van der Waals surface area contributed by atoms with Crippen LogP contribution in [0.1, 0.15) is 38.5 Å². The molecule has 1 aliphatic carbocycles. The van der Waals surface area contributed by atoms with Crippen LogP contribution in [0, 0.1) is 11.8 Å².